The van der Waals surface area contributed by atoms with Gasteiger partial charge in [0.2, 0.25) is 8.87 Å². The fourth-order valence-corrected chi connectivity index (χ4v) is 3.71. The zero-order valence-electron chi connectivity index (χ0n) is 5.10. The van der Waals surface area contributed by atoms with Crippen molar-refractivity contribution in [1.82, 2.24) is 0 Å². The zero-order valence-corrected chi connectivity index (χ0v) is 6.73. The summed E-state index contributed by atoms with van der Waals surface area (Å²) in [6, 6.07) is 0. The molecule has 0 radical (unpaired) electrons. The Morgan fingerprint density at radius 1 is 1.30 bits per heavy atom. The van der Waals surface area contributed by atoms with E-state index in [1.807, 2.05) is 0 Å². The maximum Gasteiger partial charge on any atom is 0.204 e. The average molecular weight is 184 g/mol. The Hall–Kier alpha value is 0.220. The second-order valence-corrected chi connectivity index (χ2v) is 6.39. The molecule has 0 aromatic carbocycles. The van der Waals surface area contributed by atoms with Gasteiger partial charge in [0.15, 0.2) is 0 Å². The molecule has 0 aromatic rings. The maximum atomic E-state index is 10.7. The molecule has 2 atom stereocenters. The predicted octanol–water partition coefficient (Wildman–Crippen LogP) is -1.22. The number of hydrogen-bond donors (Lipinski definition) is 2. The van der Waals surface area contributed by atoms with Gasteiger partial charge in [-0.05, 0) is 10.8 Å². The molecule has 1 rings (SSSR count). The molecule has 1 heterocycles. The van der Waals surface area contributed by atoms with Crippen molar-refractivity contribution >= 4 is 19.7 Å². The first-order valence-corrected chi connectivity index (χ1v) is 5.90. The summed E-state index contributed by atoms with van der Waals surface area (Å²) in [5, 5.41) is 17.7. The van der Waals surface area contributed by atoms with Gasteiger partial charge in [0.25, 0.3) is 0 Å². The summed E-state index contributed by atoms with van der Waals surface area (Å²) in [7, 11) is -2.46. The molecule has 0 amide bonds. The molecule has 10 heavy (non-hydrogen) atoms. The monoisotopic (exact) mass is 184 g/mol. The fourth-order valence-electron chi connectivity index (χ4n) is 0.653. The van der Waals surface area contributed by atoms with Crippen molar-refractivity contribution in [1.29, 1.82) is 0 Å². The smallest absolute Gasteiger partial charge is 0.204 e. The number of aliphatic hydroxyl groups excluding tert-OH is 2. The third-order valence-corrected chi connectivity index (χ3v) is 4.72. The Morgan fingerprint density at radius 2 is 1.90 bits per heavy atom. The minimum atomic E-state index is -3.16. The minimum absolute atomic E-state index is 0.0729. The van der Waals surface area contributed by atoms with Crippen LogP contribution < -0.4 is 0 Å². The van der Waals surface area contributed by atoms with Gasteiger partial charge in [0.1, 0.15) is 0 Å². The van der Waals surface area contributed by atoms with Crippen LogP contribution in [0.2, 0.25) is 0 Å². The topological polar surface area (TPSA) is 74.6 Å². The van der Waals surface area contributed by atoms with Gasteiger partial charge in [-0.25, -0.2) is 8.42 Å². The molecule has 1 saturated heterocycles. The van der Waals surface area contributed by atoms with Crippen molar-refractivity contribution < 1.29 is 18.6 Å². The molecule has 0 spiro atoms. The highest BCUT2D eigenvalue weighted by Gasteiger charge is 2.30. The zero-order chi connectivity index (χ0) is 7.78. The van der Waals surface area contributed by atoms with E-state index in [4.69, 9.17) is 10.2 Å². The molecular formula is C4H8O4S2. The molecule has 2 N–H and O–H groups in total. The van der Waals surface area contributed by atoms with Crippen molar-refractivity contribution in [3.8, 4) is 0 Å². The Labute approximate surface area is 62.6 Å². The molecule has 1 fully saturated rings. The summed E-state index contributed by atoms with van der Waals surface area (Å²) in [6.45, 7) is 0. The molecule has 6 heteroatoms. The van der Waals surface area contributed by atoms with E-state index in [9.17, 15) is 8.42 Å². The molecule has 4 nitrogen and oxygen atoms in total. The third-order valence-electron chi connectivity index (χ3n) is 1.24. The lowest BCUT2D eigenvalue weighted by molar-refractivity contribution is 0.0480. The van der Waals surface area contributed by atoms with Crippen molar-refractivity contribution in [2.45, 2.75) is 12.2 Å². The van der Waals surface area contributed by atoms with Crippen molar-refractivity contribution in [3.05, 3.63) is 0 Å². The number of aliphatic hydroxyl groups is 2. The van der Waals surface area contributed by atoms with Crippen molar-refractivity contribution in [2.75, 3.05) is 11.5 Å². The molecule has 1 aliphatic heterocycles. The van der Waals surface area contributed by atoms with Crippen LogP contribution in [0.1, 0.15) is 0 Å². The summed E-state index contributed by atoms with van der Waals surface area (Å²) in [5.74, 6) is -0.262. The molecular weight excluding hydrogens is 176 g/mol. The van der Waals surface area contributed by atoms with E-state index in [-0.39, 0.29) is 11.5 Å². The quantitative estimate of drug-likeness (QED) is 0.462. The van der Waals surface area contributed by atoms with Crippen LogP contribution >= 0.6 is 10.8 Å². The predicted molar refractivity (Wildman–Crippen MR) is 38.3 cm³/mol. The van der Waals surface area contributed by atoms with E-state index in [0.717, 1.165) is 0 Å². The van der Waals surface area contributed by atoms with Gasteiger partial charge in [-0.2, -0.15) is 0 Å². The molecule has 0 aliphatic carbocycles. The van der Waals surface area contributed by atoms with E-state index in [2.05, 4.69) is 0 Å². The molecule has 0 bridgehead atoms. The Balaban J connectivity index is 2.66. The van der Waals surface area contributed by atoms with Crippen molar-refractivity contribution in [3.63, 3.8) is 0 Å². The highest BCUT2D eigenvalue weighted by atomic mass is 33.1. The van der Waals surface area contributed by atoms with E-state index in [1.54, 1.807) is 0 Å². The SMILES string of the molecule is O=S1(=O)C[C@H](O)[C@@H](O)CS1. The van der Waals surface area contributed by atoms with Gasteiger partial charge >= 0.3 is 0 Å². The van der Waals surface area contributed by atoms with Crippen LogP contribution in [0, 0.1) is 0 Å². The van der Waals surface area contributed by atoms with E-state index in [1.165, 1.54) is 0 Å². The Bertz CT molecular complexity index is 209. The number of hydrogen-bond acceptors (Lipinski definition) is 5. The first kappa shape index (κ1) is 8.32. The van der Waals surface area contributed by atoms with Gasteiger partial charge in [0.05, 0.1) is 18.0 Å². The molecule has 0 unspecified atom stereocenters. The lowest BCUT2D eigenvalue weighted by Crippen LogP contribution is -2.38. The summed E-state index contributed by atoms with van der Waals surface area (Å²) in [5.41, 5.74) is 0. The summed E-state index contributed by atoms with van der Waals surface area (Å²) in [6.07, 6.45) is -2.00. The van der Waals surface area contributed by atoms with Gasteiger partial charge < -0.3 is 10.2 Å². The molecule has 60 valence electrons. The van der Waals surface area contributed by atoms with Crippen LogP contribution in [-0.2, 0) is 8.87 Å². The Morgan fingerprint density at radius 3 is 2.30 bits per heavy atom. The lowest BCUT2D eigenvalue weighted by Gasteiger charge is -2.21. The van der Waals surface area contributed by atoms with Crippen LogP contribution in [-0.4, -0.2) is 42.3 Å². The van der Waals surface area contributed by atoms with Crippen molar-refractivity contribution in [2.24, 2.45) is 0 Å². The fraction of sp³-hybridized carbons (Fsp3) is 1.00. The summed E-state index contributed by atoms with van der Waals surface area (Å²) < 4.78 is 21.4. The summed E-state index contributed by atoms with van der Waals surface area (Å²) >= 11 is 0. The van der Waals surface area contributed by atoms with Gasteiger partial charge in [-0.3, -0.25) is 0 Å². The van der Waals surface area contributed by atoms with Crippen LogP contribution in [0.15, 0.2) is 0 Å². The molecule has 1 aliphatic rings. The lowest BCUT2D eigenvalue weighted by atomic mass is 10.3. The van der Waals surface area contributed by atoms with Gasteiger partial charge in [-0.15, -0.1) is 0 Å². The standard InChI is InChI=1S/C4H8O4S2/c5-3-1-9-10(7,8)2-4(3)6/h3-6H,1-2H2/t3-,4-/m0/s1. The van der Waals surface area contributed by atoms with E-state index >= 15 is 0 Å². The first-order chi connectivity index (χ1) is 4.51. The van der Waals surface area contributed by atoms with Gasteiger partial charge in [0, 0.05) is 5.75 Å². The Kier molecular flexibility index (Phi) is 2.24. The molecule has 0 aromatic heterocycles. The average Bonchev–Trinajstić information content (AvgIpc) is 1.79. The maximum absolute atomic E-state index is 10.7. The highest BCUT2D eigenvalue weighted by molar-refractivity contribution is 8.72. The summed E-state index contributed by atoms with van der Waals surface area (Å²) in [4.78, 5) is 0. The highest BCUT2D eigenvalue weighted by Crippen LogP contribution is 2.22. The van der Waals surface area contributed by atoms with Crippen LogP contribution in [0.4, 0.5) is 0 Å². The van der Waals surface area contributed by atoms with E-state index < -0.39 is 21.1 Å². The van der Waals surface area contributed by atoms with Crippen LogP contribution in [0.25, 0.3) is 0 Å². The number of rotatable bonds is 0. The second-order valence-electron chi connectivity index (χ2n) is 2.14. The van der Waals surface area contributed by atoms with Crippen LogP contribution in [0.5, 0.6) is 0 Å². The second kappa shape index (κ2) is 2.69. The first-order valence-electron chi connectivity index (χ1n) is 2.74. The third kappa shape index (κ3) is 1.85. The normalized spacial score (nSPS) is 39.4. The van der Waals surface area contributed by atoms with E-state index in [0.29, 0.717) is 10.8 Å². The van der Waals surface area contributed by atoms with Gasteiger partial charge in [-0.1, -0.05) is 0 Å². The van der Waals surface area contributed by atoms with Crippen LogP contribution in [0.3, 0.4) is 0 Å². The molecule has 0 saturated carbocycles. The largest absolute Gasteiger partial charge is 0.389 e. The minimum Gasteiger partial charge on any atom is -0.389 e.